The molecule has 22 heavy (non-hydrogen) atoms. The summed E-state index contributed by atoms with van der Waals surface area (Å²) in [5, 5.41) is 8.96. The molecule has 0 bridgehead atoms. The van der Waals surface area contributed by atoms with E-state index in [1.54, 1.807) is 23.9 Å². The predicted molar refractivity (Wildman–Crippen MR) is 86.2 cm³/mol. The Morgan fingerprint density at radius 1 is 1.00 bits per heavy atom. The molecule has 4 nitrogen and oxygen atoms in total. The predicted octanol–water partition coefficient (Wildman–Crippen LogP) is 3.38. The lowest BCUT2D eigenvalue weighted by atomic mass is 10.2. The fourth-order valence-electron chi connectivity index (χ4n) is 1.84. The van der Waals surface area contributed by atoms with Gasteiger partial charge >= 0.3 is 5.97 Å². The first-order chi connectivity index (χ1) is 10.5. The van der Waals surface area contributed by atoms with Gasteiger partial charge in [-0.15, -0.1) is 0 Å². The average molecular weight is 315 g/mol. The Labute approximate surface area is 133 Å². The minimum atomic E-state index is -1.02. The number of hydrogen-bond donors (Lipinski definition) is 1. The summed E-state index contributed by atoms with van der Waals surface area (Å²) in [6.07, 6.45) is 0. The third kappa shape index (κ3) is 3.89. The summed E-state index contributed by atoms with van der Waals surface area (Å²) in [7, 11) is 1.49. The zero-order valence-corrected chi connectivity index (χ0v) is 13.2. The van der Waals surface area contributed by atoms with Gasteiger partial charge in [0.1, 0.15) is 6.04 Å². The van der Waals surface area contributed by atoms with Crippen LogP contribution < -0.4 is 0 Å². The zero-order chi connectivity index (χ0) is 16.1. The highest BCUT2D eigenvalue weighted by atomic mass is 32.2. The largest absolute Gasteiger partial charge is 0.480 e. The first-order valence-electron chi connectivity index (χ1n) is 6.82. The van der Waals surface area contributed by atoms with Crippen molar-refractivity contribution >= 4 is 23.6 Å². The number of likely N-dealkylation sites (N-methyl/N-ethyl adjacent to an activating group) is 1. The smallest absolute Gasteiger partial charge is 0.326 e. The monoisotopic (exact) mass is 315 g/mol. The molecule has 2 aromatic carbocycles. The fourth-order valence-corrected chi connectivity index (χ4v) is 2.67. The van der Waals surface area contributed by atoms with Gasteiger partial charge in [-0.25, -0.2) is 4.79 Å². The van der Waals surface area contributed by atoms with Crippen LogP contribution in [0.5, 0.6) is 0 Å². The van der Waals surface area contributed by atoms with Crippen LogP contribution in [0.1, 0.15) is 17.3 Å². The van der Waals surface area contributed by atoms with Gasteiger partial charge in [-0.1, -0.05) is 30.0 Å². The van der Waals surface area contributed by atoms with E-state index < -0.39 is 12.0 Å². The third-order valence-corrected chi connectivity index (χ3v) is 4.35. The van der Waals surface area contributed by atoms with Crippen LogP contribution in [0.15, 0.2) is 64.4 Å². The van der Waals surface area contributed by atoms with Crippen LogP contribution >= 0.6 is 11.8 Å². The standard InChI is InChI=1S/C17H17NO3S/c1-12(17(20)21)18(2)16(19)13-8-10-15(11-9-13)22-14-6-4-3-5-7-14/h3-12H,1-2H3,(H,20,21)/t12-/m0/s1. The van der Waals surface area contributed by atoms with Gasteiger partial charge in [0.15, 0.2) is 0 Å². The Balaban J connectivity index is 2.08. The van der Waals surface area contributed by atoms with Crippen LogP contribution in [0.3, 0.4) is 0 Å². The van der Waals surface area contributed by atoms with Crippen molar-refractivity contribution in [2.45, 2.75) is 22.8 Å². The highest BCUT2D eigenvalue weighted by Gasteiger charge is 2.22. The highest BCUT2D eigenvalue weighted by Crippen LogP contribution is 2.27. The van der Waals surface area contributed by atoms with Crippen LogP contribution in [0.2, 0.25) is 0 Å². The van der Waals surface area contributed by atoms with E-state index in [0.29, 0.717) is 5.56 Å². The van der Waals surface area contributed by atoms with Crippen LogP contribution in [-0.4, -0.2) is 35.0 Å². The molecule has 5 heteroatoms. The minimum absolute atomic E-state index is 0.300. The molecule has 0 aliphatic rings. The highest BCUT2D eigenvalue weighted by molar-refractivity contribution is 7.99. The maximum atomic E-state index is 12.2. The van der Waals surface area contributed by atoms with E-state index in [2.05, 4.69) is 0 Å². The normalized spacial score (nSPS) is 11.7. The number of carboxylic acid groups (broad SMARTS) is 1. The van der Waals surface area contributed by atoms with Crippen molar-refractivity contribution in [3.8, 4) is 0 Å². The van der Waals surface area contributed by atoms with Crippen LogP contribution in [0.25, 0.3) is 0 Å². The number of nitrogens with zero attached hydrogens (tertiary/aromatic N) is 1. The topological polar surface area (TPSA) is 57.6 Å². The van der Waals surface area contributed by atoms with E-state index in [1.807, 2.05) is 42.5 Å². The molecule has 114 valence electrons. The van der Waals surface area contributed by atoms with E-state index in [4.69, 9.17) is 5.11 Å². The maximum Gasteiger partial charge on any atom is 0.326 e. The summed E-state index contributed by atoms with van der Waals surface area (Å²) in [4.78, 5) is 26.5. The molecule has 1 N–H and O–H groups in total. The van der Waals surface area contributed by atoms with Crippen molar-refractivity contribution in [2.75, 3.05) is 7.05 Å². The van der Waals surface area contributed by atoms with Crippen molar-refractivity contribution < 1.29 is 14.7 Å². The Hall–Kier alpha value is -2.27. The maximum absolute atomic E-state index is 12.2. The number of benzene rings is 2. The van der Waals surface area contributed by atoms with Gasteiger partial charge in [0.05, 0.1) is 0 Å². The minimum Gasteiger partial charge on any atom is -0.480 e. The molecule has 2 aromatic rings. The first-order valence-corrected chi connectivity index (χ1v) is 7.63. The molecule has 1 atom stereocenters. The summed E-state index contributed by atoms with van der Waals surface area (Å²) in [6.45, 7) is 1.49. The number of aliphatic carboxylic acids is 1. The molecule has 0 saturated heterocycles. The zero-order valence-electron chi connectivity index (χ0n) is 12.4. The lowest BCUT2D eigenvalue weighted by Crippen LogP contribution is -2.40. The second-order valence-corrected chi connectivity index (χ2v) is 6.02. The SMILES string of the molecule is C[C@@H](C(=O)O)N(C)C(=O)c1ccc(Sc2ccccc2)cc1. The van der Waals surface area contributed by atoms with E-state index in [9.17, 15) is 9.59 Å². The van der Waals surface area contributed by atoms with Crippen molar-refractivity contribution in [1.82, 2.24) is 4.90 Å². The number of carboxylic acids is 1. The molecule has 2 rings (SSSR count). The summed E-state index contributed by atoms with van der Waals surface area (Å²) >= 11 is 1.61. The average Bonchev–Trinajstić information content (AvgIpc) is 2.54. The first kappa shape index (κ1) is 16.1. The number of amides is 1. The molecular formula is C17H17NO3S. The van der Waals surface area contributed by atoms with Gasteiger partial charge < -0.3 is 10.0 Å². The van der Waals surface area contributed by atoms with Gasteiger partial charge in [0, 0.05) is 22.4 Å². The molecular weight excluding hydrogens is 298 g/mol. The van der Waals surface area contributed by atoms with Crippen molar-refractivity contribution in [1.29, 1.82) is 0 Å². The molecule has 0 radical (unpaired) electrons. The van der Waals surface area contributed by atoms with E-state index >= 15 is 0 Å². The molecule has 0 aromatic heterocycles. The van der Waals surface area contributed by atoms with E-state index in [-0.39, 0.29) is 5.91 Å². The molecule has 0 heterocycles. The molecule has 0 aliphatic carbocycles. The van der Waals surface area contributed by atoms with E-state index in [0.717, 1.165) is 9.79 Å². The van der Waals surface area contributed by atoms with Crippen LogP contribution in [0, 0.1) is 0 Å². The van der Waals surface area contributed by atoms with E-state index in [1.165, 1.54) is 18.9 Å². The van der Waals surface area contributed by atoms with Gasteiger partial charge in [-0.05, 0) is 43.3 Å². The Morgan fingerprint density at radius 2 is 1.55 bits per heavy atom. The molecule has 0 fully saturated rings. The fraction of sp³-hybridized carbons (Fsp3) is 0.176. The Bertz CT molecular complexity index is 655. The lowest BCUT2D eigenvalue weighted by Gasteiger charge is -2.21. The summed E-state index contributed by atoms with van der Waals surface area (Å²) in [5.74, 6) is -1.32. The second-order valence-electron chi connectivity index (χ2n) is 4.87. The van der Waals surface area contributed by atoms with Crippen molar-refractivity contribution in [3.63, 3.8) is 0 Å². The number of carbonyl (C=O) groups is 2. The number of rotatable bonds is 5. The van der Waals surface area contributed by atoms with Gasteiger partial charge in [-0.2, -0.15) is 0 Å². The lowest BCUT2D eigenvalue weighted by molar-refractivity contribution is -0.141. The Kier molecular flexibility index (Phi) is 5.22. The second kappa shape index (κ2) is 7.13. The molecule has 0 unspecified atom stereocenters. The van der Waals surface area contributed by atoms with Gasteiger partial charge in [0.25, 0.3) is 5.91 Å². The molecule has 0 aliphatic heterocycles. The van der Waals surface area contributed by atoms with Crippen LogP contribution in [-0.2, 0) is 4.79 Å². The quantitative estimate of drug-likeness (QED) is 0.919. The number of carbonyl (C=O) groups excluding carboxylic acids is 1. The Morgan fingerprint density at radius 3 is 2.09 bits per heavy atom. The van der Waals surface area contributed by atoms with Crippen LogP contribution in [0.4, 0.5) is 0 Å². The molecule has 0 saturated carbocycles. The third-order valence-electron chi connectivity index (χ3n) is 3.34. The molecule has 0 spiro atoms. The summed E-state index contributed by atoms with van der Waals surface area (Å²) < 4.78 is 0. The van der Waals surface area contributed by atoms with Gasteiger partial charge in [0.2, 0.25) is 0 Å². The van der Waals surface area contributed by atoms with Gasteiger partial charge in [-0.3, -0.25) is 4.79 Å². The molecule has 1 amide bonds. The number of hydrogen-bond acceptors (Lipinski definition) is 3. The summed E-state index contributed by atoms with van der Waals surface area (Å²) in [5.41, 5.74) is 0.480. The van der Waals surface area contributed by atoms with Crippen molar-refractivity contribution in [2.24, 2.45) is 0 Å². The van der Waals surface area contributed by atoms with Crippen molar-refractivity contribution in [3.05, 3.63) is 60.2 Å². The summed E-state index contributed by atoms with van der Waals surface area (Å²) in [6, 6.07) is 16.3.